The standard InChI is InChI=1S/C68H58BN3/c1-67(2,3)50-39-41-60(57(43-50)49-29-16-9-17-30-49)71-62-42-40-51(68(4,5)6)44-59(62)69-58-37-22-23-38-61(58)72(66-55(47-25-12-7-13-26-47)35-24-36-56(66)48-27-14-8-15-28-48)64-46-54(45-63(71)65(64)69)70(52-31-18-10-19-32-52)53-33-20-11-21-34-53/h7-46H,1-6H3/i7D,8D,12D,13D,14D,15D,25D,26D,27D,28D. The highest BCUT2D eigenvalue weighted by Gasteiger charge is 2.45. The molecule has 0 atom stereocenters. The molecule has 10 aromatic rings. The number of fused-ring (bicyclic) bond motifs is 4. The van der Waals surface area contributed by atoms with Gasteiger partial charge in [-0.05, 0) is 116 Å². The highest BCUT2D eigenvalue weighted by Crippen LogP contribution is 2.53. The summed E-state index contributed by atoms with van der Waals surface area (Å²) < 4.78 is 91.8. The van der Waals surface area contributed by atoms with Crippen molar-refractivity contribution in [1.82, 2.24) is 0 Å². The zero-order chi connectivity index (χ0) is 57.8. The first-order chi connectivity index (χ1) is 39.2. The SMILES string of the molecule is [2H]c1c([2H])c([2H])c(-c2cccc(-c3c([2H])c([2H])c([2H])c([2H])c3[2H])c2N2c3ccccc3B3c4cc(C(C)(C)C)ccc4N(c4ccc(C(C)(C)C)cc4-c4ccccc4)c4cc(N(c5ccccc5)c5ccccc5)cc2c43)c([2H])c1[2H]. The molecule has 2 heterocycles. The number of hydrogen-bond acceptors (Lipinski definition) is 3. The molecule has 72 heavy (non-hydrogen) atoms. The molecule has 4 heteroatoms. The van der Waals surface area contributed by atoms with Crippen LogP contribution in [0.15, 0.2) is 242 Å². The van der Waals surface area contributed by atoms with Crippen LogP contribution in [0.25, 0.3) is 33.4 Å². The van der Waals surface area contributed by atoms with Crippen LogP contribution in [0.1, 0.15) is 66.4 Å². The first-order valence-corrected chi connectivity index (χ1v) is 24.6. The molecule has 12 rings (SSSR count). The van der Waals surface area contributed by atoms with Gasteiger partial charge in [-0.25, -0.2) is 0 Å². The van der Waals surface area contributed by atoms with E-state index >= 15 is 0 Å². The van der Waals surface area contributed by atoms with Crippen molar-refractivity contribution in [3.8, 4) is 33.4 Å². The Bertz CT molecular complexity index is 4030. The minimum Gasteiger partial charge on any atom is -0.311 e. The van der Waals surface area contributed by atoms with E-state index in [0.29, 0.717) is 11.4 Å². The lowest BCUT2D eigenvalue weighted by Gasteiger charge is -2.46. The van der Waals surface area contributed by atoms with Gasteiger partial charge in [-0.15, -0.1) is 0 Å². The Morgan fingerprint density at radius 2 is 0.861 bits per heavy atom. The molecule has 0 bridgehead atoms. The highest BCUT2D eigenvalue weighted by molar-refractivity contribution is 7.00. The predicted octanol–water partition coefficient (Wildman–Crippen LogP) is 16.8. The topological polar surface area (TPSA) is 9.72 Å². The number of anilines is 9. The van der Waals surface area contributed by atoms with Crippen LogP contribution in [0.4, 0.5) is 51.2 Å². The molecule has 0 aliphatic carbocycles. The van der Waals surface area contributed by atoms with Crippen molar-refractivity contribution < 1.29 is 13.7 Å². The Morgan fingerprint density at radius 1 is 0.375 bits per heavy atom. The molecule has 0 aromatic heterocycles. The van der Waals surface area contributed by atoms with Crippen molar-refractivity contribution >= 4 is 74.3 Å². The Labute approximate surface area is 440 Å². The Morgan fingerprint density at radius 3 is 1.43 bits per heavy atom. The van der Waals surface area contributed by atoms with Crippen LogP contribution < -0.4 is 31.1 Å². The molecular formula is C68H58BN3. The summed E-state index contributed by atoms with van der Waals surface area (Å²) in [5.74, 6) is 0. The van der Waals surface area contributed by atoms with E-state index < -0.39 is 67.1 Å². The Kier molecular flexibility index (Phi) is 8.63. The molecule has 348 valence electrons. The van der Waals surface area contributed by atoms with Crippen molar-refractivity contribution in [3.05, 3.63) is 254 Å². The van der Waals surface area contributed by atoms with E-state index in [2.05, 4.69) is 154 Å². The van der Waals surface area contributed by atoms with Gasteiger partial charge in [-0.3, -0.25) is 0 Å². The first-order valence-electron chi connectivity index (χ1n) is 29.6. The summed E-state index contributed by atoms with van der Waals surface area (Å²) in [5, 5.41) is 0. The van der Waals surface area contributed by atoms with E-state index in [0.717, 1.165) is 72.8 Å². The van der Waals surface area contributed by atoms with Gasteiger partial charge >= 0.3 is 0 Å². The third kappa shape index (κ3) is 7.79. The summed E-state index contributed by atoms with van der Waals surface area (Å²) >= 11 is 0. The lowest BCUT2D eigenvalue weighted by molar-refractivity contribution is 0.590. The van der Waals surface area contributed by atoms with Gasteiger partial charge in [0.15, 0.2) is 0 Å². The van der Waals surface area contributed by atoms with Crippen molar-refractivity contribution in [2.24, 2.45) is 0 Å². The van der Waals surface area contributed by atoms with Gasteiger partial charge in [0.2, 0.25) is 0 Å². The summed E-state index contributed by atoms with van der Waals surface area (Å²) in [7, 11) is 0. The second-order valence-electron chi connectivity index (χ2n) is 20.6. The first kappa shape index (κ1) is 34.9. The van der Waals surface area contributed by atoms with Crippen LogP contribution >= 0.6 is 0 Å². The lowest BCUT2D eigenvalue weighted by atomic mass is 9.33. The number of benzene rings is 10. The smallest absolute Gasteiger partial charge is 0.252 e. The van der Waals surface area contributed by atoms with Gasteiger partial charge in [0.1, 0.15) is 0 Å². The number of nitrogens with zero attached hydrogens (tertiary/aromatic N) is 3. The van der Waals surface area contributed by atoms with Crippen LogP contribution in [-0.4, -0.2) is 6.71 Å². The van der Waals surface area contributed by atoms with Gasteiger partial charge in [-0.2, -0.15) is 0 Å². The van der Waals surface area contributed by atoms with E-state index in [1.165, 1.54) is 0 Å². The molecule has 0 unspecified atom stereocenters. The molecule has 2 aliphatic heterocycles. The van der Waals surface area contributed by atoms with Crippen molar-refractivity contribution in [1.29, 1.82) is 0 Å². The number of rotatable bonds is 8. The van der Waals surface area contributed by atoms with Crippen molar-refractivity contribution in [2.75, 3.05) is 14.7 Å². The molecule has 2 aliphatic rings. The molecule has 0 fully saturated rings. The number of hydrogen-bond donors (Lipinski definition) is 0. The fourth-order valence-electron chi connectivity index (χ4n) is 10.6. The van der Waals surface area contributed by atoms with E-state index in [1.807, 2.05) is 65.6 Å². The quantitative estimate of drug-likeness (QED) is 0.141. The molecule has 0 N–H and O–H groups in total. The molecule has 10 aromatic carbocycles. The molecular weight excluding hydrogens is 870 g/mol. The minimum absolute atomic E-state index is 0.108. The van der Waals surface area contributed by atoms with E-state index in [4.69, 9.17) is 8.22 Å². The maximum absolute atomic E-state index is 9.57. The highest BCUT2D eigenvalue weighted by atomic mass is 15.2. The number of para-hydroxylation sites is 4. The Hall–Kier alpha value is -8.34. The van der Waals surface area contributed by atoms with Crippen molar-refractivity contribution in [3.63, 3.8) is 0 Å². The monoisotopic (exact) mass is 938 g/mol. The van der Waals surface area contributed by atoms with Crippen LogP contribution in [0.5, 0.6) is 0 Å². The van der Waals surface area contributed by atoms with Gasteiger partial charge in [-0.1, -0.05) is 223 Å². The zero-order valence-electron chi connectivity index (χ0n) is 51.2. The summed E-state index contributed by atoms with van der Waals surface area (Å²) in [6.07, 6.45) is 0. The summed E-state index contributed by atoms with van der Waals surface area (Å²) in [6, 6.07) is 56.8. The normalized spacial score (nSPS) is 14.7. The third-order valence-corrected chi connectivity index (χ3v) is 14.1. The average molecular weight is 938 g/mol. The lowest BCUT2D eigenvalue weighted by Crippen LogP contribution is -2.61. The summed E-state index contributed by atoms with van der Waals surface area (Å²) in [6.45, 7) is 12.9. The minimum atomic E-state index is -0.560. The summed E-state index contributed by atoms with van der Waals surface area (Å²) in [5.41, 5.74) is 13.7. The fraction of sp³-hybridized carbons (Fsp3) is 0.118. The maximum atomic E-state index is 9.57. The van der Waals surface area contributed by atoms with Crippen LogP contribution in [0.3, 0.4) is 0 Å². The third-order valence-electron chi connectivity index (χ3n) is 14.1. The molecule has 0 amide bonds. The van der Waals surface area contributed by atoms with E-state index in [9.17, 15) is 5.48 Å². The molecule has 3 nitrogen and oxygen atoms in total. The van der Waals surface area contributed by atoms with Crippen LogP contribution in [0.2, 0.25) is 0 Å². The molecule has 0 spiro atoms. The molecule has 0 saturated heterocycles. The second kappa shape index (κ2) is 17.8. The van der Waals surface area contributed by atoms with Crippen LogP contribution in [-0.2, 0) is 10.8 Å². The second-order valence-corrected chi connectivity index (χ2v) is 20.6. The van der Waals surface area contributed by atoms with E-state index in [1.54, 1.807) is 18.2 Å². The van der Waals surface area contributed by atoms with E-state index in [-0.39, 0.29) is 38.8 Å². The maximum Gasteiger partial charge on any atom is 0.252 e. The summed E-state index contributed by atoms with van der Waals surface area (Å²) in [4.78, 5) is 6.64. The van der Waals surface area contributed by atoms with Gasteiger partial charge in [0.25, 0.3) is 6.71 Å². The van der Waals surface area contributed by atoms with Gasteiger partial charge in [0.05, 0.1) is 30.8 Å². The molecule has 0 saturated carbocycles. The van der Waals surface area contributed by atoms with Gasteiger partial charge in [0, 0.05) is 50.8 Å². The fourth-order valence-corrected chi connectivity index (χ4v) is 10.6. The van der Waals surface area contributed by atoms with Gasteiger partial charge < -0.3 is 14.7 Å². The van der Waals surface area contributed by atoms with Crippen molar-refractivity contribution in [2.45, 2.75) is 52.4 Å². The average Bonchev–Trinajstić information content (AvgIpc) is 2.44. The zero-order valence-corrected chi connectivity index (χ0v) is 41.2. The van der Waals surface area contributed by atoms with Crippen LogP contribution in [0, 0.1) is 0 Å². The molecule has 0 radical (unpaired) electrons. The predicted molar refractivity (Wildman–Crippen MR) is 309 cm³/mol. The Balaban J connectivity index is 1.31. The largest absolute Gasteiger partial charge is 0.311 e.